The first-order valence-electron chi connectivity index (χ1n) is 9.40. The maximum atomic E-state index is 12.8. The van der Waals surface area contributed by atoms with Crippen molar-refractivity contribution in [3.05, 3.63) is 46.8 Å². The zero-order chi connectivity index (χ0) is 20.4. The molecule has 0 bridgehead atoms. The Morgan fingerprint density at radius 2 is 2.07 bits per heavy atom. The molecule has 2 aromatic rings. The number of nitrogens with zero attached hydrogens (tertiary/aromatic N) is 1. The second-order valence-electron chi connectivity index (χ2n) is 7.15. The van der Waals surface area contributed by atoms with Crippen molar-refractivity contribution in [2.45, 2.75) is 50.4 Å². The fourth-order valence-electron chi connectivity index (χ4n) is 3.62. The second kappa shape index (κ2) is 8.41. The minimum Gasteiger partial charge on any atom is -0.451 e. The number of aliphatic hydroxyl groups is 1. The minimum absolute atomic E-state index is 0.243. The van der Waals surface area contributed by atoms with Crippen LogP contribution in [-0.2, 0) is 9.53 Å². The molecule has 0 aliphatic carbocycles. The number of anilines is 1. The number of rotatable bonds is 4. The second-order valence-corrected chi connectivity index (χ2v) is 8.63. The molecule has 150 valence electrons. The Balaban J connectivity index is 1.72. The smallest absolute Gasteiger partial charge is 0.355 e. The third-order valence-electron chi connectivity index (χ3n) is 4.99. The number of hydrogen-bond donors (Lipinski definition) is 2. The predicted octanol–water partition coefficient (Wildman–Crippen LogP) is 3.76. The summed E-state index contributed by atoms with van der Waals surface area (Å²) in [6, 6.07) is 7.80. The Hall–Kier alpha value is -2.25. The third-order valence-corrected chi connectivity index (χ3v) is 6.23. The molecule has 2 atom stereocenters. The zero-order valence-electron chi connectivity index (χ0n) is 16.6. The number of amides is 1. The Labute approximate surface area is 169 Å². The number of para-hydroxylation sites is 1. The van der Waals surface area contributed by atoms with Crippen molar-refractivity contribution in [2.75, 3.05) is 18.1 Å². The topological polar surface area (TPSA) is 82.6 Å². The van der Waals surface area contributed by atoms with Crippen LogP contribution in [0.3, 0.4) is 0 Å². The van der Waals surface area contributed by atoms with Crippen LogP contribution >= 0.6 is 11.8 Å². The van der Waals surface area contributed by atoms with Crippen LogP contribution in [0.15, 0.2) is 29.2 Å². The molecule has 3 rings (SSSR count). The first-order chi connectivity index (χ1) is 13.3. The first-order valence-corrected chi connectivity index (χ1v) is 10.3. The van der Waals surface area contributed by atoms with E-state index >= 15 is 0 Å². The number of aliphatic hydroxyl groups excluding tert-OH is 1. The van der Waals surface area contributed by atoms with Gasteiger partial charge in [0.25, 0.3) is 5.91 Å². The van der Waals surface area contributed by atoms with E-state index in [0.717, 1.165) is 22.7 Å². The van der Waals surface area contributed by atoms with Crippen LogP contribution in [0.5, 0.6) is 0 Å². The fraction of sp³-hybridized carbons (Fsp3) is 0.429. The molecule has 0 saturated heterocycles. The molecule has 1 aromatic heterocycles. The number of carbonyl (C=O) groups is 2. The van der Waals surface area contributed by atoms with Crippen LogP contribution in [0, 0.1) is 13.8 Å². The number of ether oxygens (including phenoxy) is 1. The standard InChI is InChI=1S/C21H26N2O4S/c1-12-9-10-23(16-7-5-6-8-17(16)28-12)18(25)11-27-21(26)20-13(2)19(15(4)24)14(3)22-20/h5-8,12,15,22,24H,9-11H2,1-4H3/t12-,15+/m0/s1. The normalized spacial score (nSPS) is 17.6. The van der Waals surface area contributed by atoms with Gasteiger partial charge in [-0.3, -0.25) is 4.79 Å². The maximum absolute atomic E-state index is 12.8. The molecule has 7 heteroatoms. The summed E-state index contributed by atoms with van der Waals surface area (Å²) in [5.74, 6) is -0.834. The molecule has 2 N–H and O–H groups in total. The molecule has 0 saturated carbocycles. The molecular formula is C21H26N2O4S. The third kappa shape index (κ3) is 4.10. The van der Waals surface area contributed by atoms with Gasteiger partial charge in [-0.05, 0) is 44.9 Å². The van der Waals surface area contributed by atoms with E-state index in [4.69, 9.17) is 4.74 Å². The molecule has 1 amide bonds. The van der Waals surface area contributed by atoms with Crippen molar-refractivity contribution in [1.29, 1.82) is 0 Å². The largest absolute Gasteiger partial charge is 0.451 e. The number of fused-ring (bicyclic) bond motifs is 1. The molecule has 28 heavy (non-hydrogen) atoms. The lowest BCUT2D eigenvalue weighted by Crippen LogP contribution is -2.35. The van der Waals surface area contributed by atoms with E-state index in [0.29, 0.717) is 22.9 Å². The minimum atomic E-state index is -0.687. The van der Waals surface area contributed by atoms with Crippen LogP contribution < -0.4 is 4.90 Å². The number of aromatic amines is 1. The number of nitrogens with one attached hydrogen (secondary N) is 1. The molecule has 1 aliphatic heterocycles. The Kier molecular flexibility index (Phi) is 6.15. The maximum Gasteiger partial charge on any atom is 0.355 e. The lowest BCUT2D eigenvalue weighted by Gasteiger charge is -2.22. The van der Waals surface area contributed by atoms with Gasteiger partial charge in [0.2, 0.25) is 0 Å². The summed E-state index contributed by atoms with van der Waals surface area (Å²) in [5.41, 5.74) is 3.20. The van der Waals surface area contributed by atoms with Gasteiger partial charge in [-0.15, -0.1) is 11.8 Å². The van der Waals surface area contributed by atoms with E-state index in [1.54, 1.807) is 37.4 Å². The zero-order valence-corrected chi connectivity index (χ0v) is 17.4. The molecule has 1 aliphatic rings. The van der Waals surface area contributed by atoms with Crippen LogP contribution in [0.25, 0.3) is 0 Å². The van der Waals surface area contributed by atoms with Gasteiger partial charge in [-0.1, -0.05) is 19.1 Å². The van der Waals surface area contributed by atoms with Gasteiger partial charge in [-0.2, -0.15) is 0 Å². The lowest BCUT2D eigenvalue weighted by atomic mass is 10.1. The Morgan fingerprint density at radius 3 is 2.75 bits per heavy atom. The summed E-state index contributed by atoms with van der Waals surface area (Å²) < 4.78 is 5.30. The molecule has 1 aromatic carbocycles. The number of esters is 1. The summed E-state index contributed by atoms with van der Waals surface area (Å²) in [6.07, 6.45) is 0.179. The highest BCUT2D eigenvalue weighted by Gasteiger charge is 2.26. The van der Waals surface area contributed by atoms with Crippen molar-refractivity contribution in [3.63, 3.8) is 0 Å². The quantitative estimate of drug-likeness (QED) is 0.761. The van der Waals surface area contributed by atoms with Crippen molar-refractivity contribution >= 4 is 29.3 Å². The average molecular weight is 403 g/mol. The van der Waals surface area contributed by atoms with Crippen molar-refractivity contribution in [3.8, 4) is 0 Å². The number of H-pyrrole nitrogens is 1. The number of hydrogen-bond acceptors (Lipinski definition) is 5. The first kappa shape index (κ1) is 20.5. The number of thioether (sulfide) groups is 1. The summed E-state index contributed by atoms with van der Waals surface area (Å²) >= 11 is 1.75. The van der Waals surface area contributed by atoms with E-state index in [-0.39, 0.29) is 18.2 Å². The highest BCUT2D eigenvalue weighted by atomic mass is 32.2. The number of carbonyl (C=O) groups excluding carboxylic acids is 2. The fourth-order valence-corrected chi connectivity index (χ4v) is 4.73. The van der Waals surface area contributed by atoms with Gasteiger partial charge in [0.15, 0.2) is 6.61 Å². The van der Waals surface area contributed by atoms with E-state index in [9.17, 15) is 14.7 Å². The SMILES string of the molecule is Cc1[nH]c(C(=O)OCC(=O)N2CC[C@H](C)Sc3ccccc32)c(C)c1[C@@H](C)O. The molecule has 2 heterocycles. The van der Waals surface area contributed by atoms with Crippen LogP contribution in [0.4, 0.5) is 5.69 Å². The average Bonchev–Trinajstić information content (AvgIpc) is 2.84. The highest BCUT2D eigenvalue weighted by molar-refractivity contribution is 8.00. The van der Waals surface area contributed by atoms with Gasteiger partial charge >= 0.3 is 5.97 Å². The summed E-state index contributed by atoms with van der Waals surface area (Å²) in [4.78, 5) is 31.0. The Bertz CT molecular complexity index is 891. The van der Waals surface area contributed by atoms with Gasteiger partial charge in [0.05, 0.1) is 11.8 Å². The van der Waals surface area contributed by atoms with Crippen molar-refractivity contribution < 1.29 is 19.4 Å². The predicted molar refractivity (Wildman–Crippen MR) is 110 cm³/mol. The summed E-state index contributed by atoms with van der Waals surface area (Å²) in [6.45, 7) is 7.61. The summed E-state index contributed by atoms with van der Waals surface area (Å²) in [7, 11) is 0. The van der Waals surface area contributed by atoms with E-state index in [2.05, 4.69) is 11.9 Å². The summed E-state index contributed by atoms with van der Waals surface area (Å²) in [5, 5.41) is 10.3. The monoisotopic (exact) mass is 402 g/mol. The lowest BCUT2D eigenvalue weighted by molar-refractivity contribution is -0.121. The molecule has 0 spiro atoms. The Morgan fingerprint density at radius 1 is 1.36 bits per heavy atom. The number of aromatic nitrogens is 1. The van der Waals surface area contributed by atoms with E-state index in [1.807, 2.05) is 24.3 Å². The van der Waals surface area contributed by atoms with Gasteiger partial charge in [0.1, 0.15) is 5.69 Å². The number of benzene rings is 1. The van der Waals surface area contributed by atoms with E-state index in [1.165, 1.54) is 0 Å². The van der Waals surface area contributed by atoms with Gasteiger partial charge in [0, 0.05) is 27.9 Å². The molecule has 0 fully saturated rings. The molecular weight excluding hydrogens is 376 g/mol. The highest BCUT2D eigenvalue weighted by Crippen LogP contribution is 2.37. The van der Waals surface area contributed by atoms with Crippen LogP contribution in [-0.4, -0.2) is 40.4 Å². The molecule has 0 unspecified atom stereocenters. The number of aryl methyl sites for hydroxylation is 1. The van der Waals surface area contributed by atoms with Crippen molar-refractivity contribution in [2.24, 2.45) is 0 Å². The van der Waals surface area contributed by atoms with Gasteiger partial charge in [-0.25, -0.2) is 4.79 Å². The molecule has 0 radical (unpaired) electrons. The van der Waals surface area contributed by atoms with E-state index < -0.39 is 12.1 Å². The van der Waals surface area contributed by atoms with Gasteiger partial charge < -0.3 is 19.7 Å². The molecule has 6 nitrogen and oxygen atoms in total. The van der Waals surface area contributed by atoms with Crippen LogP contribution in [0.2, 0.25) is 0 Å². The van der Waals surface area contributed by atoms with Crippen molar-refractivity contribution in [1.82, 2.24) is 4.98 Å². The van der Waals surface area contributed by atoms with Crippen LogP contribution in [0.1, 0.15) is 53.7 Å².